The van der Waals surface area contributed by atoms with Gasteiger partial charge in [-0.3, -0.25) is 4.79 Å². The van der Waals surface area contributed by atoms with E-state index in [0.29, 0.717) is 11.6 Å². The van der Waals surface area contributed by atoms with Gasteiger partial charge < -0.3 is 10.2 Å². The highest BCUT2D eigenvalue weighted by Crippen LogP contribution is 2.18. The molecule has 1 unspecified atom stereocenters. The SMILES string of the molecule is CC1CCCN(C(=O)c2ccc(NCCc3ccc(F)cc3)cn2)C1. The van der Waals surface area contributed by atoms with Crippen LogP contribution in [0.4, 0.5) is 10.1 Å². The molecule has 0 radical (unpaired) electrons. The minimum Gasteiger partial charge on any atom is -0.383 e. The normalized spacial score (nSPS) is 17.4. The molecule has 132 valence electrons. The summed E-state index contributed by atoms with van der Waals surface area (Å²) in [6.07, 6.45) is 4.75. The molecule has 1 amide bonds. The molecule has 0 spiro atoms. The van der Waals surface area contributed by atoms with Crippen LogP contribution in [0.15, 0.2) is 42.6 Å². The fraction of sp³-hybridized carbons (Fsp3) is 0.400. The highest BCUT2D eigenvalue weighted by Gasteiger charge is 2.22. The van der Waals surface area contributed by atoms with Crippen molar-refractivity contribution in [2.45, 2.75) is 26.2 Å². The van der Waals surface area contributed by atoms with Crippen molar-refractivity contribution in [1.29, 1.82) is 0 Å². The summed E-state index contributed by atoms with van der Waals surface area (Å²) < 4.78 is 12.9. The third-order valence-corrected chi connectivity index (χ3v) is 4.58. The van der Waals surface area contributed by atoms with E-state index < -0.39 is 0 Å². The predicted octanol–water partition coefficient (Wildman–Crippen LogP) is 3.75. The molecule has 3 rings (SSSR count). The molecule has 2 aromatic rings. The third-order valence-electron chi connectivity index (χ3n) is 4.58. The maximum Gasteiger partial charge on any atom is 0.272 e. The number of likely N-dealkylation sites (tertiary alicyclic amines) is 1. The van der Waals surface area contributed by atoms with Crippen molar-refractivity contribution in [2.24, 2.45) is 5.92 Å². The van der Waals surface area contributed by atoms with Crippen LogP contribution in [0.2, 0.25) is 0 Å². The molecule has 5 heteroatoms. The number of halogens is 1. The molecular weight excluding hydrogens is 317 g/mol. The Morgan fingerprint density at radius 1 is 1.28 bits per heavy atom. The molecule has 1 aliphatic rings. The van der Waals surface area contributed by atoms with Gasteiger partial charge in [-0.15, -0.1) is 0 Å². The van der Waals surface area contributed by atoms with Crippen LogP contribution in [-0.2, 0) is 6.42 Å². The number of anilines is 1. The molecule has 4 nitrogen and oxygen atoms in total. The summed E-state index contributed by atoms with van der Waals surface area (Å²) in [5.41, 5.74) is 2.46. The highest BCUT2D eigenvalue weighted by molar-refractivity contribution is 5.92. The first-order valence-corrected chi connectivity index (χ1v) is 8.85. The maximum absolute atomic E-state index is 12.9. The van der Waals surface area contributed by atoms with E-state index in [1.165, 1.54) is 18.6 Å². The molecule has 1 N–H and O–H groups in total. The Bertz CT molecular complexity index is 700. The maximum atomic E-state index is 12.9. The van der Waals surface area contributed by atoms with Crippen molar-refractivity contribution in [2.75, 3.05) is 25.0 Å². The topological polar surface area (TPSA) is 45.2 Å². The number of pyridine rings is 1. The molecule has 1 fully saturated rings. The van der Waals surface area contributed by atoms with Gasteiger partial charge in [-0.2, -0.15) is 0 Å². The number of hydrogen-bond acceptors (Lipinski definition) is 3. The van der Waals surface area contributed by atoms with E-state index in [-0.39, 0.29) is 11.7 Å². The lowest BCUT2D eigenvalue weighted by molar-refractivity contribution is 0.0677. The minimum absolute atomic E-state index is 0.0180. The van der Waals surface area contributed by atoms with Crippen LogP contribution < -0.4 is 5.32 Å². The van der Waals surface area contributed by atoms with Crippen LogP contribution in [0, 0.1) is 11.7 Å². The van der Waals surface area contributed by atoms with Crippen LogP contribution >= 0.6 is 0 Å². The van der Waals surface area contributed by atoms with E-state index in [2.05, 4.69) is 17.2 Å². The fourth-order valence-corrected chi connectivity index (χ4v) is 3.16. The Morgan fingerprint density at radius 3 is 2.76 bits per heavy atom. The first kappa shape index (κ1) is 17.4. The van der Waals surface area contributed by atoms with Crippen LogP contribution in [-0.4, -0.2) is 35.4 Å². The fourth-order valence-electron chi connectivity index (χ4n) is 3.16. The van der Waals surface area contributed by atoms with Gasteiger partial charge in [0, 0.05) is 19.6 Å². The molecule has 25 heavy (non-hydrogen) atoms. The molecule has 0 bridgehead atoms. The van der Waals surface area contributed by atoms with Crippen molar-refractivity contribution in [3.63, 3.8) is 0 Å². The number of hydrogen-bond donors (Lipinski definition) is 1. The van der Waals surface area contributed by atoms with Crippen LogP contribution in [0.3, 0.4) is 0 Å². The molecule has 2 heterocycles. The molecule has 1 aliphatic heterocycles. The number of nitrogens with one attached hydrogen (secondary N) is 1. The summed E-state index contributed by atoms with van der Waals surface area (Å²) in [7, 11) is 0. The Morgan fingerprint density at radius 2 is 2.08 bits per heavy atom. The lowest BCUT2D eigenvalue weighted by Gasteiger charge is -2.30. The average Bonchev–Trinajstić information content (AvgIpc) is 2.63. The summed E-state index contributed by atoms with van der Waals surface area (Å²) in [6, 6.07) is 10.2. The average molecular weight is 341 g/mol. The van der Waals surface area contributed by atoms with Crippen LogP contribution in [0.5, 0.6) is 0 Å². The third kappa shape index (κ3) is 4.78. The second kappa shape index (κ2) is 8.10. The van der Waals surface area contributed by atoms with Gasteiger partial charge in [-0.05, 0) is 55.0 Å². The minimum atomic E-state index is -0.218. The van der Waals surface area contributed by atoms with Crippen LogP contribution in [0.25, 0.3) is 0 Å². The number of amides is 1. The second-order valence-electron chi connectivity index (χ2n) is 6.73. The molecule has 1 atom stereocenters. The number of carbonyl (C=O) groups excluding carboxylic acids is 1. The zero-order chi connectivity index (χ0) is 17.6. The van der Waals surface area contributed by atoms with Crippen molar-refractivity contribution in [3.05, 3.63) is 59.7 Å². The number of rotatable bonds is 5. The second-order valence-corrected chi connectivity index (χ2v) is 6.73. The first-order valence-electron chi connectivity index (χ1n) is 8.85. The molecule has 0 saturated carbocycles. The van der Waals surface area contributed by atoms with Gasteiger partial charge in [0.25, 0.3) is 5.91 Å². The van der Waals surface area contributed by atoms with Crippen molar-refractivity contribution in [3.8, 4) is 0 Å². The highest BCUT2D eigenvalue weighted by atomic mass is 19.1. The number of nitrogens with zero attached hydrogens (tertiary/aromatic N) is 2. The largest absolute Gasteiger partial charge is 0.383 e. The predicted molar refractivity (Wildman–Crippen MR) is 97.1 cm³/mol. The van der Waals surface area contributed by atoms with E-state index in [1.54, 1.807) is 24.4 Å². The van der Waals surface area contributed by atoms with Crippen molar-refractivity contribution >= 4 is 11.6 Å². The van der Waals surface area contributed by atoms with Crippen molar-refractivity contribution < 1.29 is 9.18 Å². The van der Waals surface area contributed by atoms with E-state index in [9.17, 15) is 9.18 Å². The van der Waals surface area contributed by atoms with Gasteiger partial charge in [0.05, 0.1) is 11.9 Å². The molecule has 1 aromatic heterocycles. The van der Waals surface area contributed by atoms with E-state index >= 15 is 0 Å². The molecule has 1 aromatic carbocycles. The van der Waals surface area contributed by atoms with Gasteiger partial charge in [0.1, 0.15) is 11.5 Å². The van der Waals surface area contributed by atoms with E-state index in [4.69, 9.17) is 0 Å². The molecule has 1 saturated heterocycles. The standard InChI is InChI=1S/C20H24FN3O/c1-15-3-2-12-24(14-15)20(25)19-9-8-18(13-23-19)22-11-10-16-4-6-17(21)7-5-16/h4-9,13,15,22H,2-3,10-12,14H2,1H3. The zero-order valence-corrected chi connectivity index (χ0v) is 14.5. The Kier molecular flexibility index (Phi) is 5.64. The Balaban J connectivity index is 1.51. The van der Waals surface area contributed by atoms with Crippen molar-refractivity contribution in [1.82, 2.24) is 9.88 Å². The number of benzene rings is 1. The monoisotopic (exact) mass is 341 g/mol. The lowest BCUT2D eigenvalue weighted by Crippen LogP contribution is -2.39. The summed E-state index contributed by atoms with van der Waals surface area (Å²) in [6.45, 7) is 4.55. The summed E-state index contributed by atoms with van der Waals surface area (Å²) in [5, 5.41) is 3.28. The van der Waals surface area contributed by atoms with Crippen LogP contribution in [0.1, 0.15) is 35.8 Å². The number of carbonyl (C=O) groups is 1. The van der Waals surface area contributed by atoms with Gasteiger partial charge in [0.15, 0.2) is 0 Å². The first-order chi connectivity index (χ1) is 12.1. The van der Waals surface area contributed by atoms with Gasteiger partial charge in [-0.1, -0.05) is 19.1 Å². The Hall–Kier alpha value is -2.43. The van der Waals surface area contributed by atoms with Gasteiger partial charge in [-0.25, -0.2) is 9.37 Å². The lowest BCUT2D eigenvalue weighted by atomic mass is 10.00. The molecule has 0 aliphatic carbocycles. The van der Waals surface area contributed by atoms with Gasteiger partial charge >= 0.3 is 0 Å². The summed E-state index contributed by atoms with van der Waals surface area (Å²) >= 11 is 0. The number of aromatic nitrogens is 1. The summed E-state index contributed by atoms with van der Waals surface area (Å²) in [4.78, 5) is 18.7. The Labute approximate surface area is 148 Å². The number of piperidine rings is 1. The van der Waals surface area contributed by atoms with E-state index in [0.717, 1.165) is 43.7 Å². The molecular formula is C20H24FN3O. The quantitative estimate of drug-likeness (QED) is 0.901. The van der Waals surface area contributed by atoms with Gasteiger partial charge in [0.2, 0.25) is 0 Å². The summed E-state index contributed by atoms with van der Waals surface area (Å²) in [5.74, 6) is 0.360. The zero-order valence-electron chi connectivity index (χ0n) is 14.5. The van der Waals surface area contributed by atoms with E-state index in [1.807, 2.05) is 11.0 Å². The smallest absolute Gasteiger partial charge is 0.272 e.